The van der Waals surface area contributed by atoms with E-state index in [0.29, 0.717) is 23.5 Å². The van der Waals surface area contributed by atoms with E-state index in [1.54, 1.807) is 6.07 Å². The number of hydrogen-bond acceptors (Lipinski definition) is 2. The number of halogens is 3. The molecule has 1 heterocycles. The summed E-state index contributed by atoms with van der Waals surface area (Å²) >= 11 is 0. The van der Waals surface area contributed by atoms with Crippen LogP contribution in [0.2, 0.25) is 0 Å². The summed E-state index contributed by atoms with van der Waals surface area (Å²) in [4.78, 5) is 0. The number of fused-ring (bicyclic) bond motifs is 1. The van der Waals surface area contributed by atoms with Gasteiger partial charge < -0.3 is 9.47 Å². The van der Waals surface area contributed by atoms with Gasteiger partial charge in [0.05, 0.1) is 12.2 Å². The average molecular weight is 384 g/mol. The van der Waals surface area contributed by atoms with Crippen molar-refractivity contribution in [3.63, 3.8) is 0 Å². The molecule has 0 fully saturated rings. The van der Waals surface area contributed by atoms with E-state index in [1.165, 1.54) is 6.07 Å². The van der Waals surface area contributed by atoms with Gasteiger partial charge in [-0.2, -0.15) is 13.2 Å². The third-order valence-electron chi connectivity index (χ3n) is 4.76. The zero-order valence-corrected chi connectivity index (χ0v) is 15.1. The van der Waals surface area contributed by atoms with Crippen LogP contribution in [0.15, 0.2) is 66.7 Å². The minimum Gasteiger partial charge on any atom is -0.493 e. The molecular weight excluding hydrogens is 365 g/mol. The van der Waals surface area contributed by atoms with Crippen molar-refractivity contribution < 1.29 is 22.6 Å². The zero-order valence-electron chi connectivity index (χ0n) is 15.1. The van der Waals surface area contributed by atoms with Crippen molar-refractivity contribution in [2.45, 2.75) is 25.6 Å². The van der Waals surface area contributed by atoms with Crippen LogP contribution in [-0.4, -0.2) is 6.61 Å². The lowest BCUT2D eigenvalue weighted by Gasteiger charge is -2.19. The highest BCUT2D eigenvalue weighted by Crippen LogP contribution is 2.39. The molecule has 2 nitrogen and oxygen atoms in total. The third-order valence-corrected chi connectivity index (χ3v) is 4.76. The maximum Gasteiger partial charge on any atom is 0.416 e. The summed E-state index contributed by atoms with van der Waals surface area (Å²) < 4.78 is 51.3. The highest BCUT2D eigenvalue weighted by Gasteiger charge is 2.31. The molecule has 144 valence electrons. The Labute approximate surface area is 161 Å². The first-order chi connectivity index (χ1) is 13.5. The molecule has 4 rings (SSSR count). The molecule has 3 aromatic rings. The van der Waals surface area contributed by atoms with Crippen molar-refractivity contribution in [3.8, 4) is 22.6 Å². The molecule has 0 amide bonds. The van der Waals surface area contributed by atoms with E-state index in [-0.39, 0.29) is 6.61 Å². The normalized spacial score (nSPS) is 13.5. The first-order valence-corrected chi connectivity index (χ1v) is 9.15. The monoisotopic (exact) mass is 384 g/mol. The minimum absolute atomic E-state index is 0.285. The SMILES string of the molecule is FC(F)(F)c1ccc(OCc2ccccc2)c(-c2ccc3c(c2)CCCO3)c1. The van der Waals surface area contributed by atoms with Crippen LogP contribution >= 0.6 is 0 Å². The lowest BCUT2D eigenvalue weighted by Crippen LogP contribution is -2.08. The second kappa shape index (κ2) is 7.58. The summed E-state index contributed by atoms with van der Waals surface area (Å²) in [5.41, 5.74) is 2.39. The van der Waals surface area contributed by atoms with Crippen molar-refractivity contribution >= 4 is 0 Å². The Balaban J connectivity index is 1.72. The fourth-order valence-electron chi connectivity index (χ4n) is 3.32. The molecular formula is C23H19F3O2. The maximum atomic E-state index is 13.3. The Morgan fingerprint density at radius 3 is 2.54 bits per heavy atom. The quantitative estimate of drug-likeness (QED) is 0.527. The van der Waals surface area contributed by atoms with Gasteiger partial charge >= 0.3 is 6.18 Å². The van der Waals surface area contributed by atoms with E-state index < -0.39 is 11.7 Å². The molecule has 0 radical (unpaired) electrons. The van der Waals surface area contributed by atoms with Crippen LogP contribution < -0.4 is 9.47 Å². The fraction of sp³-hybridized carbons (Fsp3) is 0.217. The molecule has 0 aromatic heterocycles. The third kappa shape index (κ3) is 3.98. The summed E-state index contributed by atoms with van der Waals surface area (Å²) in [7, 11) is 0. The van der Waals surface area contributed by atoms with Crippen LogP contribution in [-0.2, 0) is 19.2 Å². The minimum atomic E-state index is -4.41. The van der Waals surface area contributed by atoms with Crippen molar-refractivity contribution in [2.24, 2.45) is 0 Å². The molecule has 0 saturated heterocycles. The predicted molar refractivity (Wildman–Crippen MR) is 101 cm³/mol. The number of aryl methyl sites for hydroxylation is 1. The molecule has 0 unspecified atom stereocenters. The van der Waals surface area contributed by atoms with Gasteiger partial charge in [0.15, 0.2) is 0 Å². The highest BCUT2D eigenvalue weighted by atomic mass is 19.4. The molecule has 28 heavy (non-hydrogen) atoms. The molecule has 5 heteroatoms. The van der Waals surface area contributed by atoms with Crippen molar-refractivity contribution in [3.05, 3.63) is 83.4 Å². The number of hydrogen-bond donors (Lipinski definition) is 0. The van der Waals surface area contributed by atoms with Gasteiger partial charge in [0.2, 0.25) is 0 Å². The van der Waals surface area contributed by atoms with Gasteiger partial charge in [-0.3, -0.25) is 0 Å². The molecule has 0 N–H and O–H groups in total. The Kier molecular flexibility index (Phi) is 4.99. The first-order valence-electron chi connectivity index (χ1n) is 9.15. The van der Waals surface area contributed by atoms with Gasteiger partial charge in [-0.15, -0.1) is 0 Å². The Morgan fingerprint density at radius 1 is 0.929 bits per heavy atom. The largest absolute Gasteiger partial charge is 0.493 e. The second-order valence-corrected chi connectivity index (χ2v) is 6.76. The lowest BCUT2D eigenvalue weighted by molar-refractivity contribution is -0.137. The molecule has 0 bridgehead atoms. The van der Waals surface area contributed by atoms with Crippen LogP contribution in [0, 0.1) is 0 Å². The Hall–Kier alpha value is -2.95. The first kappa shape index (κ1) is 18.4. The van der Waals surface area contributed by atoms with Gasteiger partial charge in [-0.1, -0.05) is 36.4 Å². The lowest BCUT2D eigenvalue weighted by atomic mass is 9.97. The van der Waals surface area contributed by atoms with Crippen LogP contribution in [0.4, 0.5) is 13.2 Å². The summed E-state index contributed by atoms with van der Waals surface area (Å²) in [6.45, 7) is 0.953. The zero-order chi connectivity index (χ0) is 19.6. The van der Waals surface area contributed by atoms with Crippen LogP contribution in [0.5, 0.6) is 11.5 Å². The van der Waals surface area contributed by atoms with Gasteiger partial charge in [-0.05, 0) is 59.9 Å². The molecule has 0 saturated carbocycles. The number of ether oxygens (including phenoxy) is 2. The van der Waals surface area contributed by atoms with Crippen molar-refractivity contribution in [1.82, 2.24) is 0 Å². The van der Waals surface area contributed by atoms with Crippen molar-refractivity contribution in [1.29, 1.82) is 0 Å². The number of benzene rings is 3. The van der Waals surface area contributed by atoms with Crippen LogP contribution in [0.1, 0.15) is 23.1 Å². The molecule has 0 spiro atoms. The topological polar surface area (TPSA) is 18.5 Å². The van der Waals surface area contributed by atoms with E-state index in [4.69, 9.17) is 9.47 Å². The van der Waals surface area contributed by atoms with Gasteiger partial charge in [0.1, 0.15) is 18.1 Å². The number of rotatable bonds is 4. The summed E-state index contributed by atoms with van der Waals surface area (Å²) in [6, 6.07) is 18.7. The summed E-state index contributed by atoms with van der Waals surface area (Å²) in [5, 5.41) is 0. The standard InChI is InChI=1S/C23H19F3O2/c24-23(25,26)19-9-11-22(28-15-16-5-2-1-3-6-16)20(14-19)17-8-10-21-18(13-17)7-4-12-27-21/h1-3,5-6,8-11,13-14H,4,7,12,15H2. The highest BCUT2D eigenvalue weighted by molar-refractivity contribution is 5.73. The summed E-state index contributed by atoms with van der Waals surface area (Å²) in [5.74, 6) is 1.22. The molecule has 1 aliphatic rings. The molecule has 3 aromatic carbocycles. The molecule has 1 aliphatic heterocycles. The van der Waals surface area contributed by atoms with E-state index in [0.717, 1.165) is 41.9 Å². The van der Waals surface area contributed by atoms with Gasteiger partial charge in [0, 0.05) is 5.56 Å². The second-order valence-electron chi connectivity index (χ2n) is 6.76. The van der Waals surface area contributed by atoms with E-state index in [1.807, 2.05) is 42.5 Å². The fourth-order valence-corrected chi connectivity index (χ4v) is 3.32. The van der Waals surface area contributed by atoms with E-state index in [9.17, 15) is 13.2 Å². The van der Waals surface area contributed by atoms with Gasteiger partial charge in [-0.25, -0.2) is 0 Å². The predicted octanol–water partition coefficient (Wildman–Crippen LogP) is 6.28. The average Bonchev–Trinajstić information content (AvgIpc) is 2.72. The van der Waals surface area contributed by atoms with E-state index >= 15 is 0 Å². The smallest absolute Gasteiger partial charge is 0.416 e. The van der Waals surface area contributed by atoms with E-state index in [2.05, 4.69) is 0 Å². The Morgan fingerprint density at radius 2 is 1.75 bits per heavy atom. The van der Waals surface area contributed by atoms with Crippen LogP contribution in [0.3, 0.4) is 0 Å². The number of alkyl halides is 3. The summed E-state index contributed by atoms with van der Waals surface area (Å²) in [6.07, 6.45) is -2.66. The molecule has 0 aliphatic carbocycles. The molecule has 0 atom stereocenters. The van der Waals surface area contributed by atoms with Crippen molar-refractivity contribution in [2.75, 3.05) is 6.61 Å². The maximum absolute atomic E-state index is 13.3. The van der Waals surface area contributed by atoms with Crippen LogP contribution in [0.25, 0.3) is 11.1 Å². The Bertz CT molecular complexity index is 965. The van der Waals surface area contributed by atoms with Gasteiger partial charge in [0.25, 0.3) is 0 Å².